The molecule has 1 aromatic heterocycles. The Morgan fingerprint density at radius 2 is 1.43 bits per heavy atom. The van der Waals surface area contributed by atoms with Crippen molar-refractivity contribution < 1.29 is 0 Å². The summed E-state index contributed by atoms with van der Waals surface area (Å²) in [6, 6.07) is 21.6. The molecule has 0 aliphatic carbocycles. The van der Waals surface area contributed by atoms with Crippen molar-refractivity contribution in [1.29, 1.82) is 0 Å². The van der Waals surface area contributed by atoms with Crippen molar-refractivity contribution in [1.82, 2.24) is 4.57 Å². The van der Waals surface area contributed by atoms with Crippen molar-refractivity contribution in [2.75, 3.05) is 0 Å². The van der Waals surface area contributed by atoms with E-state index in [1.807, 2.05) is 6.08 Å². The van der Waals surface area contributed by atoms with E-state index in [1.54, 1.807) is 6.08 Å². The van der Waals surface area contributed by atoms with Crippen molar-refractivity contribution in [3.05, 3.63) is 106 Å². The zero-order chi connectivity index (χ0) is 19.7. The minimum Gasteiger partial charge on any atom is -0.309 e. The quantitative estimate of drug-likeness (QED) is 0.252. The summed E-state index contributed by atoms with van der Waals surface area (Å²) in [5.74, 6) is 0. The first-order chi connectivity index (χ1) is 13.6. The molecule has 0 spiro atoms. The molecule has 0 aliphatic heterocycles. The van der Waals surface area contributed by atoms with Crippen LogP contribution >= 0.6 is 31.9 Å². The van der Waals surface area contributed by atoms with Gasteiger partial charge in [0, 0.05) is 25.4 Å². The lowest BCUT2D eigenvalue weighted by Gasteiger charge is -2.10. The van der Waals surface area contributed by atoms with Crippen molar-refractivity contribution in [3.63, 3.8) is 0 Å². The predicted octanol–water partition coefficient (Wildman–Crippen LogP) is 8.45. The standard InChI is InChI=1S/C25H19Br2N/c1-3-5-6-17(4-2)18-7-11-21(12-8-18)28-24-13-9-19(26)15-22(24)23-16-20(27)10-14-25(23)28/h3-16H,1H2,2H3/b6-5-,17-4+. The highest BCUT2D eigenvalue weighted by atomic mass is 79.9. The smallest absolute Gasteiger partial charge is 0.0541 e. The molecule has 0 saturated heterocycles. The number of benzene rings is 3. The van der Waals surface area contributed by atoms with Crippen molar-refractivity contribution >= 4 is 59.2 Å². The molecular weight excluding hydrogens is 474 g/mol. The van der Waals surface area contributed by atoms with Gasteiger partial charge < -0.3 is 4.57 Å². The van der Waals surface area contributed by atoms with Crippen LogP contribution in [0.5, 0.6) is 0 Å². The van der Waals surface area contributed by atoms with Crippen LogP contribution < -0.4 is 0 Å². The normalized spacial score (nSPS) is 12.3. The molecule has 0 saturated carbocycles. The van der Waals surface area contributed by atoms with Crippen LogP contribution in [0.4, 0.5) is 0 Å². The molecule has 1 nitrogen and oxygen atoms in total. The minimum atomic E-state index is 1.08. The molecular formula is C25H19Br2N. The fraction of sp³-hybridized carbons (Fsp3) is 0.0400. The van der Waals surface area contributed by atoms with Crippen molar-refractivity contribution in [2.24, 2.45) is 0 Å². The maximum absolute atomic E-state index is 3.75. The number of allylic oxidation sites excluding steroid dienone is 5. The average Bonchev–Trinajstić information content (AvgIpc) is 3.02. The molecule has 0 N–H and O–H groups in total. The number of hydrogen-bond acceptors (Lipinski definition) is 0. The molecule has 28 heavy (non-hydrogen) atoms. The van der Waals surface area contributed by atoms with Crippen LogP contribution in [0.15, 0.2) is 100 Å². The highest BCUT2D eigenvalue weighted by molar-refractivity contribution is 9.10. The van der Waals surface area contributed by atoms with Crippen LogP contribution in [-0.4, -0.2) is 4.57 Å². The SMILES string of the molecule is C=C/C=C\C(=C/C)c1ccc(-n2c3ccc(Br)cc3c3cc(Br)ccc32)cc1. The van der Waals surface area contributed by atoms with Crippen LogP contribution in [0.1, 0.15) is 12.5 Å². The van der Waals surface area contributed by atoms with Crippen molar-refractivity contribution in [2.45, 2.75) is 6.92 Å². The van der Waals surface area contributed by atoms with Gasteiger partial charge >= 0.3 is 0 Å². The van der Waals surface area contributed by atoms with E-state index in [1.165, 1.54) is 32.9 Å². The third-order valence-corrected chi connectivity index (χ3v) is 5.86. The molecule has 0 radical (unpaired) electrons. The number of halogens is 2. The Balaban J connectivity index is 1.91. The van der Waals surface area contributed by atoms with E-state index in [4.69, 9.17) is 0 Å². The third kappa shape index (κ3) is 3.41. The Morgan fingerprint density at radius 1 is 0.857 bits per heavy atom. The highest BCUT2D eigenvalue weighted by Crippen LogP contribution is 2.35. The monoisotopic (exact) mass is 491 g/mol. The van der Waals surface area contributed by atoms with E-state index in [9.17, 15) is 0 Å². The first-order valence-corrected chi connectivity index (χ1v) is 10.7. The lowest BCUT2D eigenvalue weighted by molar-refractivity contribution is 1.18. The molecule has 0 bridgehead atoms. The second kappa shape index (κ2) is 7.94. The van der Waals surface area contributed by atoms with Crippen LogP contribution in [0.2, 0.25) is 0 Å². The molecule has 3 aromatic carbocycles. The molecule has 0 atom stereocenters. The van der Waals surface area contributed by atoms with Crippen molar-refractivity contribution in [3.8, 4) is 5.69 Å². The van der Waals surface area contributed by atoms with Gasteiger partial charge in [-0.05, 0) is 66.6 Å². The Hall–Kier alpha value is -2.36. The van der Waals surface area contributed by atoms with Crippen LogP contribution in [-0.2, 0) is 0 Å². The first kappa shape index (κ1) is 19.0. The summed E-state index contributed by atoms with van der Waals surface area (Å²) in [6.07, 6.45) is 7.96. The molecule has 0 unspecified atom stereocenters. The van der Waals surface area contributed by atoms with E-state index in [2.05, 4.69) is 123 Å². The molecule has 0 aliphatic rings. The number of nitrogens with zero attached hydrogens (tertiary/aromatic N) is 1. The summed E-state index contributed by atoms with van der Waals surface area (Å²) in [5, 5.41) is 2.47. The second-order valence-electron chi connectivity index (χ2n) is 6.54. The molecule has 0 amide bonds. The Kier molecular flexibility index (Phi) is 5.38. The number of fused-ring (bicyclic) bond motifs is 3. The van der Waals surface area contributed by atoms with E-state index in [0.717, 1.165) is 14.6 Å². The predicted molar refractivity (Wildman–Crippen MR) is 129 cm³/mol. The number of rotatable bonds is 4. The summed E-state index contributed by atoms with van der Waals surface area (Å²) in [6.45, 7) is 5.81. The van der Waals surface area contributed by atoms with Crippen LogP contribution in [0, 0.1) is 0 Å². The van der Waals surface area contributed by atoms with Gasteiger partial charge in [-0.15, -0.1) is 0 Å². The zero-order valence-corrected chi connectivity index (χ0v) is 18.7. The van der Waals surface area contributed by atoms with Gasteiger partial charge in [-0.2, -0.15) is 0 Å². The van der Waals surface area contributed by atoms with Gasteiger partial charge in [-0.25, -0.2) is 0 Å². The Bertz CT molecular complexity index is 1180. The Labute approximate surface area is 181 Å². The minimum absolute atomic E-state index is 1.08. The molecule has 4 aromatic rings. The Morgan fingerprint density at radius 3 is 1.93 bits per heavy atom. The largest absolute Gasteiger partial charge is 0.309 e. The van der Waals surface area contributed by atoms with Crippen LogP contribution in [0.25, 0.3) is 33.1 Å². The maximum atomic E-state index is 3.75. The fourth-order valence-electron chi connectivity index (χ4n) is 3.58. The number of hydrogen-bond donors (Lipinski definition) is 0. The molecule has 0 fully saturated rings. The summed E-state index contributed by atoms with van der Waals surface area (Å²) >= 11 is 7.23. The van der Waals surface area contributed by atoms with Gasteiger partial charge in [0.15, 0.2) is 0 Å². The molecule has 138 valence electrons. The summed E-state index contributed by atoms with van der Waals surface area (Å²) in [4.78, 5) is 0. The van der Waals surface area contributed by atoms with E-state index in [-0.39, 0.29) is 0 Å². The topological polar surface area (TPSA) is 4.93 Å². The van der Waals surface area contributed by atoms with Gasteiger partial charge in [0.25, 0.3) is 0 Å². The lowest BCUT2D eigenvalue weighted by Crippen LogP contribution is -1.94. The first-order valence-electron chi connectivity index (χ1n) is 9.08. The average molecular weight is 493 g/mol. The molecule has 1 heterocycles. The molecule has 4 rings (SSSR count). The van der Waals surface area contributed by atoms with Gasteiger partial charge in [-0.1, -0.05) is 74.9 Å². The van der Waals surface area contributed by atoms with Gasteiger partial charge in [-0.3, -0.25) is 0 Å². The van der Waals surface area contributed by atoms with Gasteiger partial charge in [0.05, 0.1) is 11.0 Å². The van der Waals surface area contributed by atoms with Gasteiger partial charge in [0.2, 0.25) is 0 Å². The fourth-order valence-corrected chi connectivity index (χ4v) is 4.30. The number of aromatic nitrogens is 1. The zero-order valence-electron chi connectivity index (χ0n) is 15.5. The van der Waals surface area contributed by atoms with Crippen LogP contribution in [0.3, 0.4) is 0 Å². The van der Waals surface area contributed by atoms with E-state index >= 15 is 0 Å². The summed E-state index contributed by atoms with van der Waals surface area (Å²) < 4.78 is 4.49. The third-order valence-electron chi connectivity index (χ3n) is 4.87. The lowest BCUT2D eigenvalue weighted by atomic mass is 10.0. The summed E-state index contributed by atoms with van der Waals surface area (Å²) in [5.41, 5.74) is 5.91. The highest BCUT2D eigenvalue weighted by Gasteiger charge is 2.13. The second-order valence-corrected chi connectivity index (χ2v) is 8.38. The van der Waals surface area contributed by atoms with E-state index in [0.29, 0.717) is 0 Å². The molecule has 3 heteroatoms. The maximum Gasteiger partial charge on any atom is 0.0541 e. The summed E-state index contributed by atoms with van der Waals surface area (Å²) in [7, 11) is 0. The van der Waals surface area contributed by atoms with Gasteiger partial charge in [0.1, 0.15) is 0 Å². The van der Waals surface area contributed by atoms with E-state index < -0.39 is 0 Å².